The van der Waals surface area contributed by atoms with Crippen LogP contribution in [0.1, 0.15) is 63.5 Å². The second kappa shape index (κ2) is 11.2. The number of likely N-dealkylation sites (tertiary alicyclic amines) is 1. The van der Waals surface area contributed by atoms with E-state index in [-0.39, 0.29) is 11.4 Å². The van der Waals surface area contributed by atoms with Crippen molar-refractivity contribution in [1.82, 2.24) is 9.47 Å². The zero-order valence-electron chi connectivity index (χ0n) is 21.1. The van der Waals surface area contributed by atoms with E-state index in [2.05, 4.69) is 18.7 Å². The molecule has 0 aliphatic carbocycles. The van der Waals surface area contributed by atoms with Gasteiger partial charge in [-0.2, -0.15) is 0 Å². The molecule has 6 heteroatoms. The summed E-state index contributed by atoms with van der Waals surface area (Å²) in [6.45, 7) is 6.95. The Morgan fingerprint density at radius 1 is 1.00 bits per heavy atom. The van der Waals surface area contributed by atoms with E-state index in [1.54, 1.807) is 6.07 Å². The largest absolute Gasteiger partial charge is 0.384 e. The number of nitrogens with two attached hydrogens (primary N) is 2. The molecule has 2 atom stereocenters. The van der Waals surface area contributed by atoms with Gasteiger partial charge in [-0.1, -0.05) is 43.2 Å². The molecule has 0 spiro atoms. The Bertz CT molecular complexity index is 1240. The summed E-state index contributed by atoms with van der Waals surface area (Å²) in [7, 11) is 0. The van der Waals surface area contributed by atoms with Crippen molar-refractivity contribution in [3.05, 3.63) is 70.0 Å². The predicted molar refractivity (Wildman–Crippen MR) is 146 cm³/mol. The molecule has 1 aliphatic heterocycles. The molecule has 0 saturated carbocycles. The molecule has 0 bridgehead atoms. The summed E-state index contributed by atoms with van der Waals surface area (Å²) in [4.78, 5) is 16.4. The fraction of sp³-hybridized carbons (Fsp3) is 0.448. The molecule has 3 aromatic rings. The topological polar surface area (TPSA) is 101 Å². The highest BCUT2D eigenvalue weighted by Crippen LogP contribution is 2.25. The number of nitrogens with zero attached hydrogens (tertiary/aromatic N) is 2. The normalized spacial score (nSPS) is 18.7. The minimum absolute atomic E-state index is 0.00195. The number of fused-ring (bicyclic) bond motifs is 1. The van der Waals surface area contributed by atoms with Crippen LogP contribution in [0.15, 0.2) is 53.3 Å². The van der Waals surface area contributed by atoms with Gasteiger partial charge in [0, 0.05) is 36.3 Å². The van der Waals surface area contributed by atoms with Crippen LogP contribution in [0.2, 0.25) is 0 Å². The van der Waals surface area contributed by atoms with E-state index < -0.39 is 0 Å². The number of hydrogen-bond donors (Lipinski definition) is 3. The minimum atomic E-state index is -0.00866. The van der Waals surface area contributed by atoms with Crippen LogP contribution in [0.5, 0.6) is 0 Å². The van der Waals surface area contributed by atoms with E-state index >= 15 is 0 Å². The van der Waals surface area contributed by atoms with Crippen molar-refractivity contribution in [2.75, 3.05) is 6.54 Å². The Hall–Kier alpha value is -2.96. The number of nitrogen functional groups attached to an aromatic ring is 1. The molecular formula is C29H39N5O. The summed E-state index contributed by atoms with van der Waals surface area (Å²) in [5.74, 6) is -0.00195. The minimum Gasteiger partial charge on any atom is -0.384 e. The van der Waals surface area contributed by atoms with Crippen molar-refractivity contribution < 1.29 is 0 Å². The maximum absolute atomic E-state index is 13.7. The van der Waals surface area contributed by atoms with Crippen LogP contribution in [0.4, 0.5) is 0 Å². The first-order valence-corrected chi connectivity index (χ1v) is 13.0. The van der Waals surface area contributed by atoms with E-state index in [1.165, 1.54) is 19.3 Å². The number of benzene rings is 2. The van der Waals surface area contributed by atoms with Gasteiger partial charge in [-0.05, 0) is 80.8 Å². The van der Waals surface area contributed by atoms with Gasteiger partial charge in [-0.3, -0.25) is 15.1 Å². The molecule has 1 fully saturated rings. The Morgan fingerprint density at radius 3 is 2.46 bits per heavy atom. The molecule has 1 aliphatic rings. The van der Waals surface area contributed by atoms with Crippen LogP contribution in [0, 0.1) is 5.41 Å². The van der Waals surface area contributed by atoms with Crippen molar-refractivity contribution in [1.29, 1.82) is 5.41 Å². The number of nitrogens with one attached hydrogen (secondary N) is 1. The van der Waals surface area contributed by atoms with Crippen molar-refractivity contribution in [2.45, 2.75) is 77.5 Å². The molecule has 1 saturated heterocycles. The molecule has 0 radical (unpaired) electrons. The first-order chi connectivity index (χ1) is 16.9. The first kappa shape index (κ1) is 25.1. The maximum Gasteiger partial charge on any atom is 0.258 e. The lowest BCUT2D eigenvalue weighted by atomic mass is 9.97. The number of aryl methyl sites for hydroxylation is 1. The number of piperidine rings is 1. The summed E-state index contributed by atoms with van der Waals surface area (Å²) >= 11 is 0. The lowest BCUT2D eigenvalue weighted by molar-refractivity contribution is 0.101. The van der Waals surface area contributed by atoms with Crippen molar-refractivity contribution in [2.24, 2.45) is 11.5 Å². The van der Waals surface area contributed by atoms with Crippen molar-refractivity contribution in [3.8, 4) is 11.1 Å². The third-order valence-corrected chi connectivity index (χ3v) is 7.56. The molecule has 186 valence electrons. The van der Waals surface area contributed by atoms with Crippen LogP contribution in [0.3, 0.4) is 0 Å². The van der Waals surface area contributed by atoms with Crippen LogP contribution < -0.4 is 17.0 Å². The monoisotopic (exact) mass is 473 g/mol. The molecule has 5 N–H and O–H groups in total. The third-order valence-electron chi connectivity index (χ3n) is 7.56. The Labute approximate surface area is 208 Å². The summed E-state index contributed by atoms with van der Waals surface area (Å²) in [6, 6.07) is 16.8. The van der Waals surface area contributed by atoms with Gasteiger partial charge >= 0.3 is 0 Å². The summed E-state index contributed by atoms with van der Waals surface area (Å²) < 4.78 is 1.91. The number of hydrogen-bond acceptors (Lipinski definition) is 4. The van der Waals surface area contributed by atoms with Gasteiger partial charge in [0.15, 0.2) is 0 Å². The molecule has 1 aromatic heterocycles. The highest BCUT2D eigenvalue weighted by atomic mass is 16.1. The second-order valence-electron chi connectivity index (χ2n) is 10.0. The molecule has 6 nitrogen and oxygen atoms in total. The molecule has 35 heavy (non-hydrogen) atoms. The SMILES string of the molecule is C[C@@H]1CCC[C@H](C)N1CCCCCn1c(=O)c(-c2cccc(C(=N)N)c2)cc2ccc(CN)cc21. The summed E-state index contributed by atoms with van der Waals surface area (Å²) in [5, 5.41) is 8.79. The van der Waals surface area contributed by atoms with E-state index in [0.717, 1.165) is 47.8 Å². The zero-order chi connectivity index (χ0) is 24.9. The van der Waals surface area contributed by atoms with Gasteiger partial charge in [-0.25, -0.2) is 0 Å². The highest BCUT2D eigenvalue weighted by molar-refractivity contribution is 5.96. The van der Waals surface area contributed by atoms with Gasteiger partial charge in [0.05, 0.1) is 5.52 Å². The average molecular weight is 474 g/mol. The fourth-order valence-electron chi connectivity index (χ4n) is 5.48. The molecule has 0 unspecified atom stereocenters. The van der Waals surface area contributed by atoms with E-state index in [4.69, 9.17) is 16.9 Å². The number of amidine groups is 1. The Balaban J connectivity index is 1.58. The molecule has 4 rings (SSSR count). The van der Waals surface area contributed by atoms with E-state index in [1.807, 2.05) is 47.0 Å². The zero-order valence-corrected chi connectivity index (χ0v) is 21.1. The quantitative estimate of drug-likeness (QED) is 0.235. The molecule has 2 heterocycles. The van der Waals surface area contributed by atoms with Crippen LogP contribution in [-0.4, -0.2) is 33.9 Å². The predicted octanol–water partition coefficient (Wildman–Crippen LogP) is 4.84. The van der Waals surface area contributed by atoms with Gasteiger partial charge in [0.25, 0.3) is 5.56 Å². The fourth-order valence-corrected chi connectivity index (χ4v) is 5.48. The maximum atomic E-state index is 13.7. The van der Waals surface area contributed by atoms with Gasteiger partial charge in [-0.15, -0.1) is 0 Å². The van der Waals surface area contributed by atoms with Crippen molar-refractivity contribution >= 4 is 16.7 Å². The number of aromatic nitrogens is 1. The van der Waals surface area contributed by atoms with Crippen LogP contribution >= 0.6 is 0 Å². The highest BCUT2D eigenvalue weighted by Gasteiger charge is 2.23. The van der Waals surface area contributed by atoms with Gasteiger partial charge in [0.1, 0.15) is 5.84 Å². The van der Waals surface area contributed by atoms with Crippen molar-refractivity contribution in [3.63, 3.8) is 0 Å². The van der Waals surface area contributed by atoms with Crippen LogP contribution in [-0.2, 0) is 13.1 Å². The van der Waals surface area contributed by atoms with Crippen LogP contribution in [0.25, 0.3) is 22.0 Å². The molecule has 0 amide bonds. The number of rotatable bonds is 9. The number of pyridine rings is 1. The van der Waals surface area contributed by atoms with E-state index in [9.17, 15) is 4.79 Å². The molecular weight excluding hydrogens is 434 g/mol. The number of unbranched alkanes of at least 4 members (excludes halogenated alkanes) is 2. The average Bonchev–Trinajstić information content (AvgIpc) is 2.86. The Kier molecular flexibility index (Phi) is 8.04. The lowest BCUT2D eigenvalue weighted by Crippen LogP contribution is -2.44. The third kappa shape index (κ3) is 5.65. The Morgan fingerprint density at radius 2 is 1.74 bits per heavy atom. The molecule has 2 aromatic carbocycles. The van der Waals surface area contributed by atoms with E-state index in [0.29, 0.717) is 36.3 Å². The van der Waals surface area contributed by atoms with Gasteiger partial charge in [0.2, 0.25) is 0 Å². The summed E-state index contributed by atoms with van der Waals surface area (Å²) in [5.41, 5.74) is 15.6. The summed E-state index contributed by atoms with van der Waals surface area (Å²) in [6.07, 6.45) is 7.13. The first-order valence-electron chi connectivity index (χ1n) is 13.0. The standard InChI is InChI=1S/C29H39N5O/c1-20-8-6-9-21(2)33(20)14-4-3-5-15-34-27-16-22(19-30)12-13-24(27)18-26(29(34)35)23-10-7-11-25(17-23)28(31)32/h7,10-13,16-18,20-21H,3-6,8-9,14-15,19,30H2,1-2H3,(H3,31,32)/t20-,21+. The lowest BCUT2D eigenvalue weighted by Gasteiger charge is -2.39. The second-order valence-corrected chi connectivity index (χ2v) is 10.0. The van der Waals surface area contributed by atoms with Gasteiger partial charge < -0.3 is 16.0 Å². The smallest absolute Gasteiger partial charge is 0.258 e.